The molecule has 3 heteroatoms. The van der Waals surface area contributed by atoms with Gasteiger partial charge in [-0.1, -0.05) is 6.92 Å². The molecule has 3 fully saturated rings. The van der Waals surface area contributed by atoms with E-state index in [0.717, 1.165) is 42.4 Å². The van der Waals surface area contributed by atoms with Crippen LogP contribution < -0.4 is 5.73 Å². The zero-order valence-corrected chi connectivity index (χ0v) is 12.7. The average molecular weight is 273 g/mol. The van der Waals surface area contributed by atoms with Gasteiger partial charge in [-0.05, 0) is 68.3 Å². The molecule has 3 saturated carbocycles. The first-order valence-corrected chi connectivity index (χ1v) is 8.48. The summed E-state index contributed by atoms with van der Waals surface area (Å²) >= 11 is 0. The minimum atomic E-state index is 0.341. The lowest BCUT2D eigenvalue weighted by molar-refractivity contribution is 0.405. The quantitative estimate of drug-likeness (QED) is 0.896. The third kappa shape index (κ3) is 1.86. The fourth-order valence-corrected chi connectivity index (χ4v) is 5.26. The van der Waals surface area contributed by atoms with Crippen molar-refractivity contribution in [2.75, 3.05) is 0 Å². The second-order valence-corrected chi connectivity index (χ2v) is 7.48. The summed E-state index contributed by atoms with van der Waals surface area (Å²) in [4.78, 5) is 0. The van der Waals surface area contributed by atoms with Crippen molar-refractivity contribution >= 4 is 0 Å². The summed E-state index contributed by atoms with van der Waals surface area (Å²) in [6.07, 6.45) is 8.70. The smallest absolute Gasteiger partial charge is 0.0640 e. The molecule has 0 aromatic carbocycles. The second-order valence-electron chi connectivity index (χ2n) is 7.48. The Morgan fingerprint density at radius 3 is 2.70 bits per heavy atom. The summed E-state index contributed by atoms with van der Waals surface area (Å²) in [5.74, 6) is 4.84. The zero-order valence-electron chi connectivity index (χ0n) is 12.7. The van der Waals surface area contributed by atoms with Crippen LogP contribution in [-0.4, -0.2) is 15.8 Å². The van der Waals surface area contributed by atoms with Crippen molar-refractivity contribution in [3.8, 4) is 0 Å². The molecule has 0 spiro atoms. The van der Waals surface area contributed by atoms with E-state index in [4.69, 9.17) is 10.8 Å². The molecular weight excluding hydrogens is 246 g/mol. The van der Waals surface area contributed by atoms with Gasteiger partial charge in [0.1, 0.15) is 0 Å². The van der Waals surface area contributed by atoms with Crippen molar-refractivity contribution in [2.24, 2.45) is 35.3 Å². The molecule has 6 unspecified atom stereocenters. The van der Waals surface area contributed by atoms with Gasteiger partial charge >= 0.3 is 0 Å². The minimum Gasteiger partial charge on any atom is -0.327 e. The number of nitrogens with two attached hydrogens (primary N) is 1. The standard InChI is InChI=1S/C17H27N3/c1-3-10(2)20-7-6-13(19-20)9-14(18)17-15-11-4-5-12(8-11)16(15)17/h6-7,10-12,14-17H,3-5,8-9,18H2,1-2H3. The van der Waals surface area contributed by atoms with Crippen LogP contribution in [0.4, 0.5) is 0 Å². The van der Waals surface area contributed by atoms with Gasteiger partial charge < -0.3 is 5.73 Å². The van der Waals surface area contributed by atoms with E-state index < -0.39 is 0 Å². The molecule has 3 aliphatic carbocycles. The number of rotatable bonds is 5. The first-order chi connectivity index (χ1) is 9.69. The molecule has 0 radical (unpaired) electrons. The maximum absolute atomic E-state index is 6.52. The van der Waals surface area contributed by atoms with E-state index in [1.54, 1.807) is 0 Å². The highest BCUT2D eigenvalue weighted by Crippen LogP contribution is 2.70. The molecule has 20 heavy (non-hydrogen) atoms. The Kier molecular flexibility index (Phi) is 2.95. The van der Waals surface area contributed by atoms with Gasteiger partial charge in [0.15, 0.2) is 0 Å². The summed E-state index contributed by atoms with van der Waals surface area (Å²) < 4.78 is 2.10. The fourth-order valence-electron chi connectivity index (χ4n) is 5.26. The number of nitrogens with zero attached hydrogens (tertiary/aromatic N) is 2. The molecular formula is C17H27N3. The monoisotopic (exact) mass is 273 g/mol. The molecule has 6 atom stereocenters. The lowest BCUT2D eigenvalue weighted by atomic mass is 9.95. The largest absolute Gasteiger partial charge is 0.327 e. The van der Waals surface area contributed by atoms with Crippen molar-refractivity contribution in [3.05, 3.63) is 18.0 Å². The Bertz CT molecular complexity index is 478. The van der Waals surface area contributed by atoms with Crippen LogP contribution in [0, 0.1) is 29.6 Å². The predicted molar refractivity (Wildman–Crippen MR) is 80.2 cm³/mol. The van der Waals surface area contributed by atoms with Crippen molar-refractivity contribution in [1.82, 2.24) is 9.78 Å². The molecule has 2 bridgehead atoms. The van der Waals surface area contributed by atoms with E-state index in [-0.39, 0.29) is 0 Å². The van der Waals surface area contributed by atoms with Crippen molar-refractivity contribution in [1.29, 1.82) is 0 Å². The van der Waals surface area contributed by atoms with Crippen molar-refractivity contribution in [3.63, 3.8) is 0 Å². The number of fused-ring (bicyclic) bond motifs is 5. The van der Waals surface area contributed by atoms with E-state index in [1.165, 1.54) is 25.0 Å². The lowest BCUT2D eigenvalue weighted by Gasteiger charge is -2.15. The van der Waals surface area contributed by atoms with Gasteiger partial charge in [0.25, 0.3) is 0 Å². The molecule has 0 amide bonds. The highest BCUT2D eigenvalue weighted by molar-refractivity contribution is 5.17. The number of hydrogen-bond acceptors (Lipinski definition) is 2. The van der Waals surface area contributed by atoms with E-state index >= 15 is 0 Å². The fraction of sp³-hybridized carbons (Fsp3) is 0.824. The van der Waals surface area contributed by atoms with Gasteiger partial charge in [-0.15, -0.1) is 0 Å². The Labute approximate surface area is 121 Å². The Morgan fingerprint density at radius 2 is 2.05 bits per heavy atom. The first kappa shape index (κ1) is 12.9. The predicted octanol–water partition coefficient (Wildman–Crippen LogP) is 3.02. The van der Waals surface area contributed by atoms with Crippen LogP contribution in [-0.2, 0) is 6.42 Å². The minimum absolute atomic E-state index is 0.341. The summed E-state index contributed by atoms with van der Waals surface area (Å²) in [5, 5.41) is 4.72. The number of aromatic nitrogens is 2. The Morgan fingerprint density at radius 1 is 1.35 bits per heavy atom. The van der Waals surface area contributed by atoms with E-state index in [9.17, 15) is 0 Å². The van der Waals surface area contributed by atoms with E-state index in [1.807, 2.05) is 0 Å². The molecule has 1 aromatic rings. The second kappa shape index (κ2) is 4.59. The van der Waals surface area contributed by atoms with Gasteiger partial charge in [0.2, 0.25) is 0 Å². The topological polar surface area (TPSA) is 43.8 Å². The van der Waals surface area contributed by atoms with E-state index in [0.29, 0.717) is 12.1 Å². The molecule has 1 aromatic heterocycles. The van der Waals surface area contributed by atoms with E-state index in [2.05, 4.69) is 30.8 Å². The summed E-state index contributed by atoms with van der Waals surface area (Å²) in [6.45, 7) is 4.43. The van der Waals surface area contributed by atoms with Crippen LogP contribution in [0.15, 0.2) is 12.3 Å². The maximum Gasteiger partial charge on any atom is 0.0640 e. The van der Waals surface area contributed by atoms with Crippen LogP contribution in [0.3, 0.4) is 0 Å². The summed E-state index contributed by atoms with van der Waals surface area (Å²) in [6, 6.07) is 3.00. The molecule has 3 nitrogen and oxygen atoms in total. The SMILES string of the molecule is CCC(C)n1ccc(CC(N)C2C3C4CCC(C4)C23)n1. The average Bonchev–Trinajstić information content (AvgIpc) is 2.84. The molecule has 110 valence electrons. The normalized spacial score (nSPS) is 40.6. The van der Waals surface area contributed by atoms with Gasteiger partial charge in [0.05, 0.1) is 5.69 Å². The molecule has 0 aliphatic heterocycles. The number of hydrogen-bond donors (Lipinski definition) is 1. The highest BCUT2D eigenvalue weighted by atomic mass is 15.3. The van der Waals surface area contributed by atoms with Gasteiger partial charge in [0, 0.05) is 24.7 Å². The maximum atomic E-state index is 6.52. The lowest BCUT2D eigenvalue weighted by Crippen LogP contribution is -2.29. The van der Waals surface area contributed by atoms with Gasteiger partial charge in [-0.2, -0.15) is 5.10 Å². The molecule has 2 N–H and O–H groups in total. The van der Waals surface area contributed by atoms with Gasteiger partial charge in [-0.25, -0.2) is 0 Å². The third-order valence-electron chi connectivity index (χ3n) is 6.44. The molecule has 4 rings (SSSR count). The van der Waals surface area contributed by atoms with Crippen LogP contribution >= 0.6 is 0 Å². The Hall–Kier alpha value is -0.830. The van der Waals surface area contributed by atoms with Crippen LogP contribution in [0.25, 0.3) is 0 Å². The highest BCUT2D eigenvalue weighted by Gasteiger charge is 2.66. The van der Waals surface area contributed by atoms with Crippen molar-refractivity contribution in [2.45, 2.75) is 58.0 Å². The zero-order chi connectivity index (χ0) is 13.9. The summed E-state index contributed by atoms with van der Waals surface area (Å²) in [5.41, 5.74) is 7.71. The first-order valence-electron chi connectivity index (χ1n) is 8.48. The molecule has 1 heterocycles. The third-order valence-corrected chi connectivity index (χ3v) is 6.44. The van der Waals surface area contributed by atoms with Crippen LogP contribution in [0.5, 0.6) is 0 Å². The van der Waals surface area contributed by atoms with Gasteiger partial charge in [-0.3, -0.25) is 4.68 Å². The van der Waals surface area contributed by atoms with Crippen LogP contribution in [0.1, 0.15) is 51.3 Å². The molecule has 3 aliphatic rings. The van der Waals surface area contributed by atoms with Crippen molar-refractivity contribution < 1.29 is 0 Å². The molecule has 0 saturated heterocycles. The Balaban J connectivity index is 1.39. The van der Waals surface area contributed by atoms with Crippen LogP contribution in [0.2, 0.25) is 0 Å². The summed E-state index contributed by atoms with van der Waals surface area (Å²) in [7, 11) is 0.